The van der Waals surface area contributed by atoms with E-state index in [0.29, 0.717) is 0 Å². The van der Waals surface area contributed by atoms with Gasteiger partial charge in [0.25, 0.3) is 0 Å². The molecule has 34 heavy (non-hydrogen) atoms. The zero-order valence-corrected chi connectivity index (χ0v) is 17.1. The van der Waals surface area contributed by atoms with E-state index in [9.17, 15) is 49.8 Å². The summed E-state index contributed by atoms with van der Waals surface area (Å²) in [4.78, 5) is 46.9. The summed E-state index contributed by atoms with van der Waals surface area (Å²) in [6.45, 7) is 0. The largest absolute Gasteiger partial charge is 0.504 e. The molecule has 0 amide bonds. The molecule has 12 nitrogen and oxygen atoms in total. The topological polar surface area (TPSA) is 208 Å². The Morgan fingerprint density at radius 3 is 1.26 bits per heavy atom. The summed E-state index contributed by atoms with van der Waals surface area (Å²) < 4.78 is 9.25. The minimum absolute atomic E-state index is 0.228. The van der Waals surface area contributed by atoms with E-state index >= 15 is 0 Å². The number of ether oxygens (including phenoxy) is 2. The number of benzene rings is 2. The van der Waals surface area contributed by atoms with Gasteiger partial charge in [-0.15, -0.1) is 0 Å². The van der Waals surface area contributed by atoms with Gasteiger partial charge in [0.05, 0.1) is 0 Å². The normalized spacial score (nSPS) is 12.8. The SMILES string of the molecule is O=C(/C=C/c1ccc(O)c(O)c1)OC(C(=O)O)C(OC(=O)/C=C/c1ccc(O)c(O)c1)C(=O)O. The van der Waals surface area contributed by atoms with Crippen molar-refractivity contribution in [3.63, 3.8) is 0 Å². The highest BCUT2D eigenvalue weighted by Crippen LogP contribution is 2.26. The maximum Gasteiger partial charge on any atom is 0.349 e. The Bertz CT molecular complexity index is 1070. The number of aromatic hydroxyl groups is 4. The quantitative estimate of drug-likeness (QED) is 0.172. The van der Waals surface area contributed by atoms with Crippen molar-refractivity contribution in [3.8, 4) is 23.0 Å². The van der Waals surface area contributed by atoms with Crippen LogP contribution in [0.4, 0.5) is 0 Å². The standard InChI is InChI=1S/C22H18O12/c23-13-5-1-11(9-15(13)25)3-7-17(27)33-19(21(29)30)20(22(31)32)34-18(28)8-4-12-2-6-14(24)16(26)10-12/h1-10,19-20,23-26H,(H,29,30)(H,31,32)/b7-3+,8-4+. The summed E-state index contributed by atoms with van der Waals surface area (Å²) >= 11 is 0. The number of carboxylic acid groups (broad SMARTS) is 2. The van der Waals surface area contributed by atoms with Gasteiger partial charge in [0.2, 0.25) is 12.2 Å². The van der Waals surface area contributed by atoms with Crippen molar-refractivity contribution in [2.75, 3.05) is 0 Å². The molecule has 6 N–H and O–H groups in total. The minimum atomic E-state index is -2.40. The minimum Gasteiger partial charge on any atom is -0.504 e. The van der Waals surface area contributed by atoms with Crippen LogP contribution in [-0.4, -0.2) is 66.7 Å². The lowest BCUT2D eigenvalue weighted by Gasteiger charge is -2.19. The molecule has 0 aliphatic rings. The first-order valence-corrected chi connectivity index (χ1v) is 9.25. The molecule has 2 aromatic rings. The number of esters is 2. The number of hydrogen-bond acceptors (Lipinski definition) is 10. The van der Waals surface area contributed by atoms with E-state index in [1.807, 2.05) is 0 Å². The fraction of sp³-hybridized carbons (Fsp3) is 0.0909. The van der Waals surface area contributed by atoms with E-state index in [-0.39, 0.29) is 11.1 Å². The highest BCUT2D eigenvalue weighted by molar-refractivity contribution is 5.93. The average Bonchev–Trinajstić information content (AvgIpc) is 2.77. The number of phenols is 4. The molecule has 0 aliphatic carbocycles. The second-order valence-corrected chi connectivity index (χ2v) is 6.55. The third-order valence-electron chi connectivity index (χ3n) is 4.07. The molecule has 0 radical (unpaired) electrons. The van der Waals surface area contributed by atoms with Gasteiger partial charge in [-0.1, -0.05) is 12.1 Å². The molecule has 0 heterocycles. The zero-order chi connectivity index (χ0) is 25.4. The van der Waals surface area contributed by atoms with Gasteiger partial charge in [-0.05, 0) is 47.5 Å². The fourth-order valence-electron chi connectivity index (χ4n) is 2.43. The Morgan fingerprint density at radius 2 is 0.971 bits per heavy atom. The van der Waals surface area contributed by atoms with Crippen LogP contribution in [0.2, 0.25) is 0 Å². The lowest BCUT2D eigenvalue weighted by molar-refractivity contribution is -0.183. The summed E-state index contributed by atoms with van der Waals surface area (Å²) in [6.07, 6.45) is -1.15. The summed E-state index contributed by atoms with van der Waals surface area (Å²) in [6, 6.07) is 7.08. The fourth-order valence-corrected chi connectivity index (χ4v) is 2.43. The molecule has 2 atom stereocenters. The smallest absolute Gasteiger partial charge is 0.349 e. The zero-order valence-electron chi connectivity index (χ0n) is 17.1. The summed E-state index contributed by atoms with van der Waals surface area (Å²) in [5.74, 6) is -8.18. The first kappa shape index (κ1) is 25.3. The molecule has 0 aliphatic heterocycles. The van der Waals surface area contributed by atoms with Crippen molar-refractivity contribution in [2.24, 2.45) is 0 Å². The van der Waals surface area contributed by atoms with Gasteiger partial charge >= 0.3 is 23.9 Å². The number of phenolic OH excluding ortho intramolecular Hbond substituents is 4. The molecule has 178 valence electrons. The van der Waals surface area contributed by atoms with Gasteiger partial charge < -0.3 is 40.1 Å². The highest BCUT2D eigenvalue weighted by Gasteiger charge is 2.40. The molecule has 0 saturated carbocycles. The number of rotatable bonds is 9. The Hall–Kier alpha value is -5.00. The van der Waals surface area contributed by atoms with Crippen molar-refractivity contribution in [1.82, 2.24) is 0 Å². The van der Waals surface area contributed by atoms with Crippen LogP contribution in [0.3, 0.4) is 0 Å². The van der Waals surface area contributed by atoms with Gasteiger partial charge in [0.15, 0.2) is 23.0 Å². The molecular weight excluding hydrogens is 456 g/mol. The molecular formula is C22H18O12. The van der Waals surface area contributed by atoms with Crippen LogP contribution in [-0.2, 0) is 28.7 Å². The van der Waals surface area contributed by atoms with E-state index in [1.54, 1.807) is 0 Å². The maximum atomic E-state index is 12.0. The van der Waals surface area contributed by atoms with E-state index in [2.05, 4.69) is 9.47 Å². The molecule has 0 bridgehead atoms. The van der Waals surface area contributed by atoms with Crippen LogP contribution in [0, 0.1) is 0 Å². The van der Waals surface area contributed by atoms with Crippen molar-refractivity contribution in [3.05, 3.63) is 59.7 Å². The number of carboxylic acids is 2. The second-order valence-electron chi connectivity index (χ2n) is 6.55. The predicted octanol–water partition coefficient (Wildman–Crippen LogP) is 1.23. The second kappa shape index (κ2) is 11.0. The molecule has 0 saturated heterocycles. The van der Waals surface area contributed by atoms with Gasteiger partial charge in [0.1, 0.15) is 0 Å². The van der Waals surface area contributed by atoms with Gasteiger partial charge in [-0.2, -0.15) is 0 Å². The molecule has 12 heteroatoms. The molecule has 0 fully saturated rings. The maximum absolute atomic E-state index is 12.0. The van der Waals surface area contributed by atoms with Crippen LogP contribution in [0.15, 0.2) is 48.6 Å². The molecule has 0 aromatic heterocycles. The van der Waals surface area contributed by atoms with Crippen LogP contribution in [0.5, 0.6) is 23.0 Å². The van der Waals surface area contributed by atoms with Crippen molar-refractivity contribution < 1.29 is 59.3 Å². The van der Waals surface area contributed by atoms with Gasteiger partial charge in [-0.25, -0.2) is 19.2 Å². The monoisotopic (exact) mass is 474 g/mol. The summed E-state index contributed by atoms with van der Waals surface area (Å²) in [7, 11) is 0. The number of aliphatic carboxylic acids is 2. The Kier molecular flexibility index (Phi) is 8.20. The molecule has 2 rings (SSSR count). The lowest BCUT2D eigenvalue weighted by atomic mass is 10.2. The third kappa shape index (κ3) is 7.02. The molecule has 2 aromatic carbocycles. The van der Waals surface area contributed by atoms with Crippen LogP contribution < -0.4 is 0 Å². The highest BCUT2D eigenvalue weighted by atomic mass is 16.6. The summed E-state index contributed by atoms with van der Waals surface area (Å²) in [5.41, 5.74) is 0.455. The van der Waals surface area contributed by atoms with E-state index in [4.69, 9.17) is 0 Å². The lowest BCUT2D eigenvalue weighted by Crippen LogP contribution is -2.45. The first-order valence-electron chi connectivity index (χ1n) is 9.25. The Morgan fingerprint density at radius 1 is 0.618 bits per heavy atom. The van der Waals surface area contributed by atoms with E-state index in [0.717, 1.165) is 48.6 Å². The molecule has 0 spiro atoms. The van der Waals surface area contributed by atoms with Crippen LogP contribution in [0.1, 0.15) is 11.1 Å². The Balaban J connectivity index is 2.11. The number of carbonyl (C=O) groups is 4. The van der Waals surface area contributed by atoms with Crippen molar-refractivity contribution in [1.29, 1.82) is 0 Å². The first-order chi connectivity index (χ1) is 16.0. The Labute approximate surface area is 190 Å². The van der Waals surface area contributed by atoms with Gasteiger partial charge in [0, 0.05) is 12.2 Å². The average molecular weight is 474 g/mol. The van der Waals surface area contributed by atoms with Crippen LogP contribution >= 0.6 is 0 Å². The van der Waals surface area contributed by atoms with Crippen molar-refractivity contribution >= 4 is 36.0 Å². The van der Waals surface area contributed by atoms with Gasteiger partial charge in [-0.3, -0.25) is 0 Å². The molecule has 2 unspecified atom stereocenters. The van der Waals surface area contributed by atoms with Crippen LogP contribution in [0.25, 0.3) is 12.2 Å². The number of hydrogen-bond donors (Lipinski definition) is 6. The predicted molar refractivity (Wildman–Crippen MR) is 113 cm³/mol. The third-order valence-corrected chi connectivity index (χ3v) is 4.07. The van der Waals surface area contributed by atoms with E-state index < -0.39 is 59.1 Å². The number of carbonyl (C=O) groups excluding carboxylic acids is 2. The van der Waals surface area contributed by atoms with Crippen molar-refractivity contribution in [2.45, 2.75) is 12.2 Å². The summed E-state index contributed by atoms with van der Waals surface area (Å²) in [5, 5.41) is 55.9. The van der Waals surface area contributed by atoms with E-state index in [1.165, 1.54) is 12.1 Å².